The second-order valence-electron chi connectivity index (χ2n) is 1.65. The van der Waals surface area contributed by atoms with E-state index < -0.39 is 6.36 Å². The quantitative estimate of drug-likeness (QED) is 0.470. The van der Waals surface area contributed by atoms with E-state index in [1.165, 1.54) is 6.61 Å². The minimum atomic E-state index is -1.25. The van der Waals surface area contributed by atoms with Gasteiger partial charge in [0, 0.05) is 6.42 Å². The molecular weight excluding hydrogens is 109 g/mol. The Kier molecular flexibility index (Phi) is 1.45. The molecule has 0 aromatic carbocycles. The number of halogens is 1. The number of nitriles is 1. The van der Waals surface area contributed by atoms with Gasteiger partial charge in [-0.2, -0.15) is 5.26 Å². The van der Waals surface area contributed by atoms with E-state index in [1.54, 1.807) is 0 Å². The first-order chi connectivity index (χ1) is 3.83. The summed E-state index contributed by atoms with van der Waals surface area (Å²) in [6, 6.07) is 1.87. The molecule has 3 heteroatoms. The summed E-state index contributed by atoms with van der Waals surface area (Å²) in [5.41, 5.74) is 0. The zero-order valence-electron chi connectivity index (χ0n) is 4.17. The molecule has 0 aliphatic carbocycles. The second-order valence-corrected chi connectivity index (χ2v) is 1.65. The summed E-state index contributed by atoms with van der Waals surface area (Å²) in [6.45, 7) is 1.24. The minimum absolute atomic E-state index is 0.191. The van der Waals surface area contributed by atoms with Gasteiger partial charge in [0.2, 0.25) is 6.36 Å². The Balaban J connectivity index is 2.35. The fourth-order valence-electron chi connectivity index (χ4n) is 0.574. The summed E-state index contributed by atoms with van der Waals surface area (Å²) in [6.07, 6.45) is -1.06. The van der Waals surface area contributed by atoms with Crippen LogP contribution in [0.2, 0.25) is 0 Å². The number of ether oxygens (including phenoxy) is 1. The van der Waals surface area contributed by atoms with Crippen molar-refractivity contribution in [3.8, 4) is 6.07 Å². The number of hydrogen-bond donors (Lipinski definition) is 0. The minimum Gasteiger partial charge on any atom is -0.341 e. The van der Waals surface area contributed by atoms with Crippen molar-refractivity contribution in [3.05, 3.63) is 6.61 Å². The molecule has 1 saturated heterocycles. The Labute approximate surface area is 46.9 Å². The fourth-order valence-corrected chi connectivity index (χ4v) is 0.574. The van der Waals surface area contributed by atoms with Crippen LogP contribution in [0, 0.1) is 23.9 Å². The van der Waals surface area contributed by atoms with Crippen molar-refractivity contribution in [2.75, 3.05) is 0 Å². The summed E-state index contributed by atoms with van der Waals surface area (Å²) in [5.74, 6) is -0.343. The maximum absolute atomic E-state index is 12.0. The second kappa shape index (κ2) is 2.10. The topological polar surface area (TPSA) is 33.0 Å². The first-order valence-electron chi connectivity index (χ1n) is 2.35. The van der Waals surface area contributed by atoms with Crippen molar-refractivity contribution < 1.29 is 9.13 Å². The van der Waals surface area contributed by atoms with Gasteiger partial charge in [-0.15, -0.1) is 0 Å². The molecule has 1 aliphatic heterocycles. The van der Waals surface area contributed by atoms with Gasteiger partial charge in [-0.3, -0.25) is 0 Å². The number of hydrogen-bond acceptors (Lipinski definition) is 2. The summed E-state index contributed by atoms with van der Waals surface area (Å²) >= 11 is 0. The first kappa shape index (κ1) is 5.52. The van der Waals surface area contributed by atoms with Crippen LogP contribution in [0.15, 0.2) is 0 Å². The largest absolute Gasteiger partial charge is 0.341 e. The Morgan fingerprint density at radius 1 is 1.88 bits per heavy atom. The zero-order valence-corrected chi connectivity index (χ0v) is 4.17. The van der Waals surface area contributed by atoms with Gasteiger partial charge in [-0.1, -0.05) is 0 Å². The van der Waals surface area contributed by atoms with Gasteiger partial charge in [-0.25, -0.2) is 4.39 Å². The third-order valence-corrected chi connectivity index (χ3v) is 0.996. The molecule has 0 spiro atoms. The standard InChI is InChI=1S/C5H5FNO/c6-5-1-4(2-7)3-8-5/h3-5H,1H2. The van der Waals surface area contributed by atoms with Crippen molar-refractivity contribution in [1.29, 1.82) is 5.26 Å². The third kappa shape index (κ3) is 0.958. The molecule has 1 aliphatic rings. The fraction of sp³-hybridized carbons (Fsp3) is 0.600. The number of nitrogens with zero attached hydrogens (tertiary/aromatic N) is 1. The van der Waals surface area contributed by atoms with Crippen molar-refractivity contribution in [2.45, 2.75) is 12.8 Å². The molecule has 0 saturated carbocycles. The summed E-state index contributed by atoms with van der Waals surface area (Å²) in [4.78, 5) is 0. The predicted octanol–water partition coefficient (Wildman–Crippen LogP) is 1.00. The summed E-state index contributed by atoms with van der Waals surface area (Å²) in [5, 5.41) is 8.16. The lowest BCUT2D eigenvalue weighted by Crippen LogP contribution is -1.92. The van der Waals surface area contributed by atoms with E-state index in [2.05, 4.69) is 4.74 Å². The Morgan fingerprint density at radius 2 is 2.62 bits per heavy atom. The van der Waals surface area contributed by atoms with E-state index in [4.69, 9.17) is 5.26 Å². The van der Waals surface area contributed by atoms with E-state index >= 15 is 0 Å². The van der Waals surface area contributed by atoms with Crippen molar-refractivity contribution in [1.82, 2.24) is 0 Å². The first-order valence-corrected chi connectivity index (χ1v) is 2.35. The van der Waals surface area contributed by atoms with Crippen LogP contribution in [0.1, 0.15) is 6.42 Å². The smallest absolute Gasteiger partial charge is 0.200 e. The monoisotopic (exact) mass is 114 g/mol. The maximum Gasteiger partial charge on any atom is 0.200 e. The van der Waals surface area contributed by atoms with Crippen molar-refractivity contribution in [2.24, 2.45) is 5.92 Å². The Bertz CT molecular complexity index is 120. The van der Waals surface area contributed by atoms with Crippen LogP contribution < -0.4 is 0 Å². The molecule has 43 valence electrons. The van der Waals surface area contributed by atoms with E-state index in [0.717, 1.165) is 0 Å². The van der Waals surface area contributed by atoms with E-state index in [1.807, 2.05) is 6.07 Å². The SMILES string of the molecule is N#CC1[CH]OC(F)C1. The lowest BCUT2D eigenvalue weighted by atomic mass is 10.1. The Hall–Kier alpha value is -0.620. The van der Waals surface area contributed by atoms with Gasteiger partial charge in [0.05, 0.1) is 12.0 Å². The summed E-state index contributed by atoms with van der Waals surface area (Å²) < 4.78 is 16.3. The molecule has 2 nitrogen and oxygen atoms in total. The van der Waals surface area contributed by atoms with Crippen molar-refractivity contribution >= 4 is 0 Å². The van der Waals surface area contributed by atoms with Crippen LogP contribution in [-0.4, -0.2) is 6.36 Å². The van der Waals surface area contributed by atoms with Crippen molar-refractivity contribution in [3.63, 3.8) is 0 Å². The highest BCUT2D eigenvalue weighted by Crippen LogP contribution is 2.22. The molecule has 2 unspecified atom stereocenters. The van der Waals surface area contributed by atoms with Crippen LogP contribution >= 0.6 is 0 Å². The van der Waals surface area contributed by atoms with Crippen LogP contribution in [0.5, 0.6) is 0 Å². The van der Waals surface area contributed by atoms with E-state index in [0.29, 0.717) is 0 Å². The zero-order chi connectivity index (χ0) is 5.98. The molecule has 2 atom stereocenters. The molecule has 0 aromatic heterocycles. The molecule has 1 heterocycles. The molecule has 0 N–H and O–H groups in total. The van der Waals surface area contributed by atoms with Gasteiger partial charge in [-0.05, 0) is 0 Å². The molecule has 1 fully saturated rings. The predicted molar refractivity (Wildman–Crippen MR) is 24.0 cm³/mol. The van der Waals surface area contributed by atoms with Crippen LogP contribution in [-0.2, 0) is 4.74 Å². The van der Waals surface area contributed by atoms with Gasteiger partial charge in [0.15, 0.2) is 0 Å². The van der Waals surface area contributed by atoms with Gasteiger partial charge >= 0.3 is 0 Å². The van der Waals surface area contributed by atoms with Gasteiger partial charge in [0.25, 0.3) is 0 Å². The average Bonchev–Trinajstić information content (AvgIpc) is 2.14. The lowest BCUT2D eigenvalue weighted by Gasteiger charge is -1.89. The van der Waals surface area contributed by atoms with Crippen LogP contribution in [0.4, 0.5) is 4.39 Å². The van der Waals surface area contributed by atoms with E-state index in [9.17, 15) is 4.39 Å². The highest BCUT2D eigenvalue weighted by molar-refractivity contribution is 4.93. The van der Waals surface area contributed by atoms with E-state index in [-0.39, 0.29) is 12.3 Å². The molecule has 0 bridgehead atoms. The lowest BCUT2D eigenvalue weighted by molar-refractivity contribution is 0.0370. The average molecular weight is 114 g/mol. The molecule has 1 rings (SSSR count). The highest BCUT2D eigenvalue weighted by atomic mass is 19.1. The van der Waals surface area contributed by atoms with Crippen LogP contribution in [0.3, 0.4) is 0 Å². The number of rotatable bonds is 0. The molecule has 1 radical (unpaired) electrons. The maximum atomic E-state index is 12.0. The normalized spacial score (nSPS) is 37.0. The number of alkyl halides is 1. The van der Waals surface area contributed by atoms with Gasteiger partial charge in [0.1, 0.15) is 6.61 Å². The summed E-state index contributed by atoms with van der Waals surface area (Å²) in [7, 11) is 0. The van der Waals surface area contributed by atoms with Crippen LogP contribution in [0.25, 0.3) is 0 Å². The van der Waals surface area contributed by atoms with Gasteiger partial charge < -0.3 is 4.74 Å². The Morgan fingerprint density at radius 3 is 2.88 bits per heavy atom. The molecule has 0 amide bonds. The highest BCUT2D eigenvalue weighted by Gasteiger charge is 2.24. The molecule has 8 heavy (non-hydrogen) atoms. The molecule has 0 aromatic rings. The third-order valence-electron chi connectivity index (χ3n) is 0.996. The molecular formula is C5H5FNO.